The SMILES string of the molecule is COc1ccc(Cl)cc1S(=O)(=O)Nc1nc2c(s1)CCC2. The molecule has 8 heteroatoms. The predicted molar refractivity (Wildman–Crippen MR) is 83.0 cm³/mol. The monoisotopic (exact) mass is 344 g/mol. The van der Waals surface area contributed by atoms with Crippen LogP contribution in [0.1, 0.15) is 17.0 Å². The molecule has 0 saturated heterocycles. The van der Waals surface area contributed by atoms with Gasteiger partial charge in [0.15, 0.2) is 5.13 Å². The molecule has 0 amide bonds. The summed E-state index contributed by atoms with van der Waals surface area (Å²) in [6, 6.07) is 4.47. The quantitative estimate of drug-likeness (QED) is 0.925. The Hall–Kier alpha value is -1.31. The van der Waals surface area contributed by atoms with Gasteiger partial charge in [0, 0.05) is 9.90 Å². The zero-order chi connectivity index (χ0) is 15.0. The van der Waals surface area contributed by atoms with Crippen LogP contribution in [0.15, 0.2) is 23.1 Å². The van der Waals surface area contributed by atoms with Crippen LogP contribution in [0.5, 0.6) is 5.75 Å². The molecule has 0 bridgehead atoms. The summed E-state index contributed by atoms with van der Waals surface area (Å²) in [7, 11) is -2.36. The summed E-state index contributed by atoms with van der Waals surface area (Å²) in [6.45, 7) is 0. The van der Waals surface area contributed by atoms with Crippen molar-refractivity contribution in [1.82, 2.24) is 4.98 Å². The Morgan fingerprint density at radius 1 is 1.38 bits per heavy atom. The van der Waals surface area contributed by atoms with Gasteiger partial charge >= 0.3 is 0 Å². The molecule has 112 valence electrons. The Morgan fingerprint density at radius 2 is 2.19 bits per heavy atom. The lowest BCUT2D eigenvalue weighted by molar-refractivity contribution is 0.403. The van der Waals surface area contributed by atoms with Crippen molar-refractivity contribution in [3.05, 3.63) is 33.8 Å². The molecule has 0 atom stereocenters. The van der Waals surface area contributed by atoms with Crippen molar-refractivity contribution < 1.29 is 13.2 Å². The molecular formula is C13H13ClN2O3S2. The van der Waals surface area contributed by atoms with Crippen LogP contribution in [0, 0.1) is 0 Å². The van der Waals surface area contributed by atoms with E-state index < -0.39 is 10.0 Å². The van der Waals surface area contributed by atoms with Gasteiger partial charge in [0.25, 0.3) is 10.0 Å². The second kappa shape index (κ2) is 5.47. The Labute approximate surface area is 132 Å². The fourth-order valence-electron chi connectivity index (χ4n) is 2.26. The van der Waals surface area contributed by atoms with E-state index in [9.17, 15) is 8.42 Å². The van der Waals surface area contributed by atoms with Crippen LogP contribution < -0.4 is 9.46 Å². The molecule has 1 aromatic carbocycles. The van der Waals surface area contributed by atoms with E-state index in [0.717, 1.165) is 29.8 Å². The van der Waals surface area contributed by atoms with E-state index in [1.54, 1.807) is 6.07 Å². The highest BCUT2D eigenvalue weighted by atomic mass is 35.5. The Bertz CT molecular complexity index is 765. The summed E-state index contributed by atoms with van der Waals surface area (Å²) in [4.78, 5) is 5.50. The zero-order valence-electron chi connectivity index (χ0n) is 11.2. The highest BCUT2D eigenvalue weighted by Gasteiger charge is 2.24. The first-order valence-electron chi connectivity index (χ1n) is 6.34. The normalized spacial score (nSPS) is 14.0. The summed E-state index contributed by atoms with van der Waals surface area (Å²) < 4.78 is 32.6. The van der Waals surface area contributed by atoms with Crippen LogP contribution in [-0.4, -0.2) is 20.5 Å². The molecule has 0 radical (unpaired) electrons. The van der Waals surface area contributed by atoms with Crippen molar-refractivity contribution in [2.24, 2.45) is 0 Å². The van der Waals surface area contributed by atoms with Crippen molar-refractivity contribution in [2.75, 3.05) is 11.8 Å². The number of hydrogen-bond acceptors (Lipinski definition) is 5. The lowest BCUT2D eigenvalue weighted by Gasteiger charge is -2.10. The summed E-state index contributed by atoms with van der Waals surface area (Å²) in [5, 5.41) is 0.722. The Balaban J connectivity index is 1.94. The van der Waals surface area contributed by atoms with Crippen LogP contribution in [0.25, 0.3) is 0 Å². The third-order valence-corrected chi connectivity index (χ3v) is 6.03. The Morgan fingerprint density at radius 3 is 2.90 bits per heavy atom. The van der Waals surface area contributed by atoms with Gasteiger partial charge in [-0.2, -0.15) is 0 Å². The highest BCUT2D eigenvalue weighted by molar-refractivity contribution is 7.93. The zero-order valence-corrected chi connectivity index (χ0v) is 13.6. The minimum atomic E-state index is -3.78. The van der Waals surface area contributed by atoms with E-state index >= 15 is 0 Å². The van der Waals surface area contributed by atoms with Crippen LogP contribution >= 0.6 is 22.9 Å². The van der Waals surface area contributed by atoms with Crippen LogP contribution in [0.4, 0.5) is 5.13 Å². The second-order valence-electron chi connectivity index (χ2n) is 4.64. The van der Waals surface area contributed by atoms with Crippen molar-refractivity contribution in [3.63, 3.8) is 0 Å². The maximum Gasteiger partial charge on any atom is 0.267 e. The fourth-order valence-corrected chi connectivity index (χ4v) is 4.98. The first kappa shape index (κ1) is 14.6. The molecule has 0 aliphatic heterocycles. The molecule has 1 aromatic heterocycles. The molecule has 0 fully saturated rings. The minimum Gasteiger partial charge on any atom is -0.495 e. The molecule has 5 nitrogen and oxygen atoms in total. The van der Waals surface area contributed by atoms with E-state index in [0.29, 0.717) is 10.2 Å². The van der Waals surface area contributed by atoms with Gasteiger partial charge in [-0.05, 0) is 37.5 Å². The predicted octanol–water partition coefficient (Wildman–Crippen LogP) is 3.09. The number of ether oxygens (including phenoxy) is 1. The summed E-state index contributed by atoms with van der Waals surface area (Å²) in [6.07, 6.45) is 2.96. The standard InChI is InChI=1S/C13H13ClN2O3S2/c1-19-10-6-5-8(14)7-12(10)21(17,18)16-13-15-9-3-2-4-11(9)20-13/h5-7H,2-4H2,1H3,(H,15,16). The molecule has 1 heterocycles. The van der Waals surface area contributed by atoms with Crippen molar-refractivity contribution in [1.29, 1.82) is 0 Å². The number of nitrogens with zero attached hydrogens (tertiary/aromatic N) is 1. The van der Waals surface area contributed by atoms with Gasteiger partial charge in [-0.15, -0.1) is 11.3 Å². The molecule has 2 aromatic rings. The van der Waals surface area contributed by atoms with Crippen molar-refractivity contribution in [2.45, 2.75) is 24.2 Å². The lowest BCUT2D eigenvalue weighted by Crippen LogP contribution is -2.14. The van der Waals surface area contributed by atoms with Crippen LogP contribution in [-0.2, 0) is 22.9 Å². The van der Waals surface area contributed by atoms with Crippen molar-refractivity contribution in [3.8, 4) is 5.75 Å². The number of benzene rings is 1. The number of sulfonamides is 1. The first-order chi connectivity index (χ1) is 9.99. The summed E-state index contributed by atoms with van der Waals surface area (Å²) in [5.74, 6) is 0.246. The lowest BCUT2D eigenvalue weighted by atomic mass is 10.3. The largest absolute Gasteiger partial charge is 0.495 e. The molecular weight excluding hydrogens is 332 g/mol. The second-order valence-corrected chi connectivity index (χ2v) is 7.81. The van der Waals surface area contributed by atoms with Gasteiger partial charge in [0.05, 0.1) is 12.8 Å². The summed E-state index contributed by atoms with van der Waals surface area (Å²) >= 11 is 7.27. The maximum absolute atomic E-state index is 12.5. The molecule has 0 unspecified atom stereocenters. The van der Waals surface area contributed by atoms with E-state index in [-0.39, 0.29) is 10.6 Å². The average molecular weight is 345 g/mol. The smallest absolute Gasteiger partial charge is 0.267 e. The fraction of sp³-hybridized carbons (Fsp3) is 0.308. The number of fused-ring (bicyclic) bond motifs is 1. The van der Waals surface area contributed by atoms with E-state index in [1.165, 1.54) is 30.6 Å². The number of halogens is 1. The number of nitrogens with one attached hydrogen (secondary N) is 1. The number of aromatic nitrogens is 1. The third kappa shape index (κ3) is 2.86. The molecule has 21 heavy (non-hydrogen) atoms. The Kier molecular flexibility index (Phi) is 3.81. The van der Waals surface area contributed by atoms with Crippen molar-refractivity contribution >= 4 is 38.1 Å². The first-order valence-corrected chi connectivity index (χ1v) is 9.02. The molecule has 1 aliphatic carbocycles. The number of rotatable bonds is 4. The van der Waals surface area contributed by atoms with Gasteiger partial charge in [0.2, 0.25) is 0 Å². The van der Waals surface area contributed by atoms with Gasteiger partial charge < -0.3 is 4.74 Å². The van der Waals surface area contributed by atoms with Gasteiger partial charge in [-0.1, -0.05) is 11.6 Å². The van der Waals surface area contributed by atoms with Gasteiger partial charge in [0.1, 0.15) is 10.6 Å². The minimum absolute atomic E-state index is 0.00728. The van der Waals surface area contributed by atoms with Gasteiger partial charge in [-0.3, -0.25) is 4.72 Å². The third-order valence-electron chi connectivity index (χ3n) is 3.23. The highest BCUT2D eigenvalue weighted by Crippen LogP contribution is 2.33. The number of thiazole rings is 1. The molecule has 3 rings (SSSR count). The van der Waals surface area contributed by atoms with E-state index in [1.807, 2.05) is 0 Å². The average Bonchev–Trinajstić information content (AvgIpc) is 2.99. The number of hydrogen-bond donors (Lipinski definition) is 1. The number of anilines is 1. The summed E-state index contributed by atoms with van der Waals surface area (Å²) in [5.41, 5.74) is 0.996. The van der Waals surface area contributed by atoms with E-state index in [4.69, 9.17) is 16.3 Å². The topological polar surface area (TPSA) is 68.3 Å². The maximum atomic E-state index is 12.5. The number of methoxy groups -OCH3 is 1. The number of aryl methyl sites for hydroxylation is 2. The molecule has 0 spiro atoms. The van der Waals surface area contributed by atoms with Crippen LogP contribution in [0.3, 0.4) is 0 Å². The molecule has 1 N–H and O–H groups in total. The van der Waals surface area contributed by atoms with Gasteiger partial charge in [-0.25, -0.2) is 13.4 Å². The van der Waals surface area contributed by atoms with E-state index in [2.05, 4.69) is 9.71 Å². The molecule has 1 aliphatic rings. The van der Waals surface area contributed by atoms with Crippen LogP contribution in [0.2, 0.25) is 5.02 Å². The molecule has 0 saturated carbocycles.